The summed E-state index contributed by atoms with van der Waals surface area (Å²) in [6.07, 6.45) is 7.07. The second-order valence-corrected chi connectivity index (χ2v) is 6.01. The Kier molecular flexibility index (Phi) is 3.31. The van der Waals surface area contributed by atoms with E-state index in [2.05, 4.69) is 15.7 Å². The minimum atomic E-state index is 0.131. The van der Waals surface area contributed by atoms with Crippen LogP contribution < -0.4 is 10.6 Å². The lowest BCUT2D eigenvalue weighted by atomic mass is 9.91. The summed E-state index contributed by atoms with van der Waals surface area (Å²) in [4.78, 5) is 12.3. The molecule has 2 heterocycles. The van der Waals surface area contributed by atoms with Crippen molar-refractivity contribution >= 4 is 5.91 Å². The molecule has 0 radical (unpaired) electrons. The summed E-state index contributed by atoms with van der Waals surface area (Å²) in [5, 5.41) is 10.7. The van der Waals surface area contributed by atoms with E-state index in [0.717, 1.165) is 38.9 Å². The minimum absolute atomic E-state index is 0.131. The Morgan fingerprint density at radius 3 is 3.05 bits per heavy atom. The first-order valence-corrected chi connectivity index (χ1v) is 7.18. The fourth-order valence-electron chi connectivity index (χ4n) is 3.27. The highest BCUT2D eigenvalue weighted by Gasteiger charge is 2.57. The molecule has 1 aromatic rings. The fourth-order valence-corrected chi connectivity index (χ4v) is 3.27. The lowest BCUT2D eigenvalue weighted by Crippen LogP contribution is -2.39. The molecule has 1 saturated heterocycles. The van der Waals surface area contributed by atoms with Gasteiger partial charge in [0, 0.05) is 24.4 Å². The number of nitrogens with one attached hydrogen (secondary N) is 2. The van der Waals surface area contributed by atoms with Gasteiger partial charge in [-0.1, -0.05) is 0 Å². The molecule has 1 saturated carbocycles. The highest BCUT2D eigenvalue weighted by molar-refractivity contribution is 5.82. The molecule has 3 rings (SSSR count). The first-order valence-electron chi connectivity index (χ1n) is 7.18. The van der Waals surface area contributed by atoms with Gasteiger partial charge in [-0.15, -0.1) is 0 Å². The van der Waals surface area contributed by atoms with Gasteiger partial charge in [0.2, 0.25) is 5.91 Å². The third kappa shape index (κ3) is 2.66. The van der Waals surface area contributed by atoms with Crippen molar-refractivity contribution in [1.82, 2.24) is 20.4 Å². The first kappa shape index (κ1) is 12.7. The standard InChI is InChI=1S/C14H22N4O/c1-11(10-18-8-2-5-16-18)17-13(19)12-9-14(12)3-6-15-7-4-14/h2,5,8,11-12,15H,3-4,6-7,9-10H2,1H3,(H,17,19). The number of nitrogens with zero attached hydrogens (tertiary/aromatic N) is 2. The van der Waals surface area contributed by atoms with Crippen molar-refractivity contribution in [2.75, 3.05) is 13.1 Å². The molecule has 5 nitrogen and oxygen atoms in total. The van der Waals surface area contributed by atoms with E-state index in [-0.39, 0.29) is 17.9 Å². The summed E-state index contributed by atoms with van der Waals surface area (Å²) < 4.78 is 1.86. The van der Waals surface area contributed by atoms with Crippen LogP contribution in [0.1, 0.15) is 26.2 Å². The van der Waals surface area contributed by atoms with Crippen molar-refractivity contribution in [2.45, 2.75) is 38.8 Å². The maximum absolute atomic E-state index is 12.3. The summed E-state index contributed by atoms with van der Waals surface area (Å²) in [5.74, 6) is 0.483. The SMILES string of the molecule is CC(Cn1cccn1)NC(=O)C1CC12CCNCC2. The second kappa shape index (κ2) is 4.96. The Balaban J connectivity index is 1.49. The van der Waals surface area contributed by atoms with Crippen LogP contribution in [0.4, 0.5) is 0 Å². The first-order chi connectivity index (χ1) is 9.20. The largest absolute Gasteiger partial charge is 0.352 e. The Bertz CT molecular complexity index is 436. The van der Waals surface area contributed by atoms with E-state index < -0.39 is 0 Å². The molecule has 1 spiro atoms. The maximum Gasteiger partial charge on any atom is 0.223 e. The van der Waals surface area contributed by atoms with E-state index >= 15 is 0 Å². The molecular weight excluding hydrogens is 240 g/mol. The average molecular weight is 262 g/mol. The highest BCUT2D eigenvalue weighted by atomic mass is 16.2. The normalized spacial score (nSPS) is 26.1. The maximum atomic E-state index is 12.3. The molecular formula is C14H22N4O. The molecule has 2 atom stereocenters. The summed E-state index contributed by atoms with van der Waals surface area (Å²) in [6.45, 7) is 4.90. The van der Waals surface area contributed by atoms with Crippen molar-refractivity contribution in [3.05, 3.63) is 18.5 Å². The monoisotopic (exact) mass is 262 g/mol. The number of rotatable bonds is 4. The fraction of sp³-hybridized carbons (Fsp3) is 0.714. The van der Waals surface area contributed by atoms with E-state index in [1.165, 1.54) is 0 Å². The van der Waals surface area contributed by atoms with Crippen molar-refractivity contribution in [1.29, 1.82) is 0 Å². The van der Waals surface area contributed by atoms with Gasteiger partial charge in [0.15, 0.2) is 0 Å². The molecule has 1 amide bonds. The van der Waals surface area contributed by atoms with Crippen LogP contribution in [0.2, 0.25) is 0 Å². The third-order valence-corrected chi connectivity index (χ3v) is 4.51. The van der Waals surface area contributed by atoms with Crippen molar-refractivity contribution in [3.63, 3.8) is 0 Å². The molecule has 5 heteroatoms. The van der Waals surface area contributed by atoms with Gasteiger partial charge in [-0.2, -0.15) is 5.10 Å². The van der Waals surface area contributed by atoms with Gasteiger partial charge in [0.05, 0.1) is 6.54 Å². The second-order valence-electron chi connectivity index (χ2n) is 6.01. The van der Waals surface area contributed by atoms with Gasteiger partial charge in [-0.25, -0.2) is 0 Å². The molecule has 2 N–H and O–H groups in total. The molecule has 1 aromatic heterocycles. The highest BCUT2D eigenvalue weighted by Crippen LogP contribution is 2.58. The quantitative estimate of drug-likeness (QED) is 0.843. The molecule has 104 valence electrons. The minimum Gasteiger partial charge on any atom is -0.352 e. The zero-order chi connectivity index (χ0) is 13.3. The number of carbonyl (C=O) groups excluding carboxylic acids is 1. The average Bonchev–Trinajstić information content (AvgIpc) is 2.84. The summed E-state index contributed by atoms with van der Waals surface area (Å²) in [7, 11) is 0. The van der Waals surface area contributed by atoms with Crippen LogP contribution in [-0.2, 0) is 11.3 Å². The summed E-state index contributed by atoms with van der Waals surface area (Å²) >= 11 is 0. The van der Waals surface area contributed by atoms with Crippen molar-refractivity contribution in [3.8, 4) is 0 Å². The number of hydrogen-bond acceptors (Lipinski definition) is 3. The topological polar surface area (TPSA) is 59.0 Å². The zero-order valence-electron chi connectivity index (χ0n) is 11.4. The van der Waals surface area contributed by atoms with E-state index in [1.807, 2.05) is 23.9 Å². The van der Waals surface area contributed by atoms with Crippen LogP contribution >= 0.6 is 0 Å². The summed E-state index contributed by atoms with van der Waals surface area (Å²) in [6, 6.07) is 2.03. The van der Waals surface area contributed by atoms with Gasteiger partial charge in [0.25, 0.3) is 0 Å². The Labute approximate surface area is 113 Å². The molecule has 1 aliphatic heterocycles. The van der Waals surface area contributed by atoms with E-state index in [1.54, 1.807) is 6.20 Å². The molecule has 19 heavy (non-hydrogen) atoms. The third-order valence-electron chi connectivity index (χ3n) is 4.51. The Hall–Kier alpha value is -1.36. The van der Waals surface area contributed by atoms with Crippen LogP contribution in [0.3, 0.4) is 0 Å². The van der Waals surface area contributed by atoms with E-state index in [0.29, 0.717) is 5.41 Å². The van der Waals surface area contributed by atoms with Gasteiger partial charge in [0.1, 0.15) is 0 Å². The molecule has 0 aromatic carbocycles. The molecule has 1 aliphatic carbocycles. The number of amides is 1. The van der Waals surface area contributed by atoms with Gasteiger partial charge >= 0.3 is 0 Å². The number of hydrogen-bond donors (Lipinski definition) is 2. The van der Waals surface area contributed by atoms with Gasteiger partial charge < -0.3 is 10.6 Å². The number of piperidine rings is 1. The van der Waals surface area contributed by atoms with Crippen LogP contribution in [0.5, 0.6) is 0 Å². The molecule has 0 bridgehead atoms. The molecule has 2 fully saturated rings. The van der Waals surface area contributed by atoms with Gasteiger partial charge in [-0.05, 0) is 50.8 Å². The van der Waals surface area contributed by atoms with E-state index in [9.17, 15) is 4.79 Å². The van der Waals surface area contributed by atoms with Crippen LogP contribution in [0, 0.1) is 11.3 Å². The van der Waals surface area contributed by atoms with Crippen molar-refractivity contribution < 1.29 is 4.79 Å². The van der Waals surface area contributed by atoms with Crippen LogP contribution in [0.25, 0.3) is 0 Å². The smallest absolute Gasteiger partial charge is 0.223 e. The Morgan fingerprint density at radius 1 is 1.58 bits per heavy atom. The lowest BCUT2D eigenvalue weighted by Gasteiger charge is -2.23. The van der Waals surface area contributed by atoms with Crippen molar-refractivity contribution in [2.24, 2.45) is 11.3 Å². The molecule has 2 unspecified atom stereocenters. The summed E-state index contributed by atoms with van der Waals surface area (Å²) in [5.41, 5.74) is 0.320. The number of carbonyl (C=O) groups is 1. The van der Waals surface area contributed by atoms with Crippen LogP contribution in [-0.4, -0.2) is 34.8 Å². The zero-order valence-corrected chi connectivity index (χ0v) is 11.4. The predicted octanol–water partition coefficient (Wildman–Crippen LogP) is 0.777. The Morgan fingerprint density at radius 2 is 2.37 bits per heavy atom. The lowest BCUT2D eigenvalue weighted by molar-refractivity contribution is -0.124. The molecule has 2 aliphatic rings. The predicted molar refractivity (Wildman–Crippen MR) is 72.5 cm³/mol. The van der Waals surface area contributed by atoms with Gasteiger partial charge in [-0.3, -0.25) is 9.48 Å². The van der Waals surface area contributed by atoms with Crippen LogP contribution in [0.15, 0.2) is 18.5 Å². The van der Waals surface area contributed by atoms with E-state index in [4.69, 9.17) is 0 Å². The number of aromatic nitrogens is 2.